The Labute approximate surface area is 277 Å². The van der Waals surface area contributed by atoms with Crippen molar-refractivity contribution in [2.24, 2.45) is 5.41 Å². The highest BCUT2D eigenvalue weighted by atomic mass is 19.4. The molecule has 49 heavy (non-hydrogen) atoms. The molecular formula is C35H29F3N8O3. The van der Waals surface area contributed by atoms with Gasteiger partial charge in [-0.1, -0.05) is 25.1 Å². The van der Waals surface area contributed by atoms with Crippen molar-refractivity contribution >= 4 is 40.0 Å². The monoisotopic (exact) mass is 666 g/mol. The molecule has 2 aliphatic rings. The van der Waals surface area contributed by atoms with Crippen LogP contribution in [0.15, 0.2) is 61.1 Å². The smallest absolute Gasteiger partial charge is 0.337 e. The summed E-state index contributed by atoms with van der Waals surface area (Å²) in [5.41, 5.74) is 2.78. The summed E-state index contributed by atoms with van der Waals surface area (Å²) < 4.78 is 43.3. The second kappa shape index (κ2) is 11.1. The lowest BCUT2D eigenvalue weighted by molar-refractivity contribution is -0.141. The minimum Gasteiger partial charge on any atom is -0.337 e. The largest absolute Gasteiger partial charge is 0.433 e. The van der Waals surface area contributed by atoms with Gasteiger partial charge in [-0.2, -0.15) is 23.5 Å². The predicted molar refractivity (Wildman–Crippen MR) is 172 cm³/mol. The van der Waals surface area contributed by atoms with E-state index in [9.17, 15) is 32.8 Å². The Morgan fingerprint density at radius 3 is 2.55 bits per heavy atom. The normalized spacial score (nSPS) is 19.9. The van der Waals surface area contributed by atoms with Gasteiger partial charge in [0.2, 0.25) is 11.8 Å². The molecule has 3 atom stereocenters. The van der Waals surface area contributed by atoms with Crippen LogP contribution >= 0.6 is 0 Å². The Morgan fingerprint density at radius 1 is 1.10 bits per heavy atom. The van der Waals surface area contributed by atoms with E-state index in [-0.39, 0.29) is 42.2 Å². The third-order valence-electron chi connectivity index (χ3n) is 9.43. The molecule has 0 bridgehead atoms. The Bertz CT molecular complexity index is 2310. The molecule has 1 aromatic carbocycles. The van der Waals surface area contributed by atoms with Gasteiger partial charge in [0.1, 0.15) is 30.2 Å². The number of hydrogen-bond acceptors (Lipinski definition) is 7. The SMILES string of the molecule is CC(=O)c1cn(CC(=O)N2[C@H](C(=O)Nc3nc(C(F)(F)F)ccc3C)C[C@@]3(C)C=C[C@@H]23)c2c(C)cc(-c3cnc4cc(C#N)nn4c3)cc12. The number of nitrogens with one attached hydrogen (secondary N) is 1. The second-order valence-electron chi connectivity index (χ2n) is 12.9. The Hall–Kier alpha value is -5.84. The highest BCUT2D eigenvalue weighted by Crippen LogP contribution is 2.49. The van der Waals surface area contributed by atoms with Crippen LogP contribution in [0.2, 0.25) is 0 Å². The number of fused-ring (bicyclic) bond motifs is 3. The lowest BCUT2D eigenvalue weighted by Gasteiger charge is -2.38. The molecule has 248 valence electrons. The topological polar surface area (TPSA) is 138 Å². The number of aryl methyl sites for hydroxylation is 2. The van der Waals surface area contributed by atoms with Gasteiger partial charge in [0.15, 0.2) is 17.1 Å². The fourth-order valence-corrected chi connectivity index (χ4v) is 6.92. The molecule has 0 unspecified atom stereocenters. The van der Waals surface area contributed by atoms with Crippen LogP contribution in [0.25, 0.3) is 27.7 Å². The molecule has 11 nitrogen and oxygen atoms in total. The van der Waals surface area contributed by atoms with Crippen LogP contribution in [0, 0.1) is 30.6 Å². The van der Waals surface area contributed by atoms with Gasteiger partial charge in [-0.25, -0.2) is 14.5 Å². The molecule has 1 aliphatic carbocycles. The average Bonchev–Trinajstić information content (AvgIpc) is 3.68. The van der Waals surface area contributed by atoms with Crippen molar-refractivity contribution < 1.29 is 27.6 Å². The molecule has 1 N–H and O–H groups in total. The molecule has 1 saturated heterocycles. The lowest BCUT2D eigenvalue weighted by Crippen LogP contribution is -2.50. The first kappa shape index (κ1) is 31.7. The lowest BCUT2D eigenvalue weighted by atomic mass is 9.73. The number of Topliss-reactive ketones (excluding diaryl/α,β-unsaturated/α-hetero) is 1. The van der Waals surface area contributed by atoms with Crippen LogP contribution in [0.1, 0.15) is 53.1 Å². The molecule has 1 fully saturated rings. The van der Waals surface area contributed by atoms with Crippen molar-refractivity contribution in [1.82, 2.24) is 29.0 Å². The van der Waals surface area contributed by atoms with Gasteiger partial charge in [-0.15, -0.1) is 0 Å². The van der Waals surface area contributed by atoms with Gasteiger partial charge in [0.05, 0.1) is 11.6 Å². The van der Waals surface area contributed by atoms with E-state index in [1.54, 1.807) is 36.1 Å². The number of aromatic nitrogens is 5. The molecule has 7 rings (SSSR count). The molecule has 0 spiro atoms. The number of nitriles is 1. The minimum atomic E-state index is -4.69. The van der Waals surface area contributed by atoms with Gasteiger partial charge >= 0.3 is 6.18 Å². The van der Waals surface area contributed by atoms with E-state index in [0.717, 1.165) is 17.2 Å². The summed E-state index contributed by atoms with van der Waals surface area (Å²) in [5, 5.41) is 16.6. The molecule has 1 aliphatic heterocycles. The number of anilines is 1. The Morgan fingerprint density at radius 2 is 1.88 bits per heavy atom. The number of halogens is 3. The fourth-order valence-electron chi connectivity index (χ4n) is 6.92. The molecule has 14 heteroatoms. The van der Waals surface area contributed by atoms with Gasteiger partial charge in [-0.05, 0) is 62.1 Å². The third kappa shape index (κ3) is 5.31. The molecule has 5 aromatic rings. The van der Waals surface area contributed by atoms with Gasteiger partial charge in [0, 0.05) is 46.6 Å². The molecular weight excluding hydrogens is 637 g/mol. The van der Waals surface area contributed by atoms with Crippen molar-refractivity contribution in [3.63, 3.8) is 0 Å². The van der Waals surface area contributed by atoms with Crippen molar-refractivity contribution in [3.8, 4) is 17.2 Å². The summed E-state index contributed by atoms with van der Waals surface area (Å²) in [7, 11) is 0. The van der Waals surface area contributed by atoms with Crippen LogP contribution in [0.5, 0.6) is 0 Å². The number of rotatable bonds is 6. The van der Waals surface area contributed by atoms with Crippen LogP contribution in [0.4, 0.5) is 19.0 Å². The highest BCUT2D eigenvalue weighted by molar-refractivity contribution is 6.09. The number of carbonyl (C=O) groups is 3. The summed E-state index contributed by atoms with van der Waals surface area (Å²) in [4.78, 5) is 50.2. The number of benzene rings is 1. The number of likely N-dealkylation sites (tertiary alicyclic amines) is 1. The van der Waals surface area contributed by atoms with E-state index < -0.39 is 29.2 Å². The van der Waals surface area contributed by atoms with Crippen LogP contribution in [-0.4, -0.2) is 58.7 Å². The van der Waals surface area contributed by atoms with E-state index in [1.807, 2.05) is 44.2 Å². The molecule has 0 radical (unpaired) electrons. The van der Waals surface area contributed by atoms with Gasteiger partial charge in [-0.3, -0.25) is 14.4 Å². The molecule has 4 aromatic heterocycles. The number of ketones is 1. The summed E-state index contributed by atoms with van der Waals surface area (Å²) in [6, 6.07) is 8.06. The Balaban J connectivity index is 1.21. The molecule has 0 saturated carbocycles. The quantitative estimate of drug-likeness (QED) is 0.183. The third-order valence-corrected chi connectivity index (χ3v) is 9.43. The number of carbonyl (C=O) groups excluding carboxylic acids is 3. The molecule has 2 amide bonds. The zero-order valence-corrected chi connectivity index (χ0v) is 26.8. The zero-order valence-electron chi connectivity index (χ0n) is 26.8. The highest BCUT2D eigenvalue weighted by Gasteiger charge is 2.55. The molecule has 5 heterocycles. The van der Waals surface area contributed by atoms with Crippen LogP contribution in [0.3, 0.4) is 0 Å². The zero-order chi connectivity index (χ0) is 35.0. The van der Waals surface area contributed by atoms with Gasteiger partial charge in [0.25, 0.3) is 0 Å². The minimum absolute atomic E-state index is 0.188. The van der Waals surface area contributed by atoms with E-state index in [1.165, 1.54) is 22.4 Å². The first-order chi connectivity index (χ1) is 23.2. The predicted octanol–water partition coefficient (Wildman–Crippen LogP) is 5.64. The van der Waals surface area contributed by atoms with E-state index >= 15 is 0 Å². The standard InChI is InChI=1S/C35H29F3N8O3/c1-18-5-6-27(35(36,37)38)41-32(18)42-33(49)26-12-34(4)8-7-28(34)46(26)30(48)17-44-16-25(20(3)47)24-10-21(9-19(2)31(24)44)22-14-40-29-11-23(13-39)43-45(29)15-22/h5-11,14-16,26,28H,12,17H2,1-4H3,(H,41,42,49)/t26-,28+,34+/m0/s1. The first-order valence-electron chi connectivity index (χ1n) is 15.4. The summed E-state index contributed by atoms with van der Waals surface area (Å²) in [5.74, 6) is -1.44. The van der Waals surface area contributed by atoms with Crippen LogP contribution in [-0.2, 0) is 22.3 Å². The fraction of sp³-hybridized carbons (Fsp3) is 0.286. The van der Waals surface area contributed by atoms with Crippen molar-refractivity contribution in [1.29, 1.82) is 5.26 Å². The van der Waals surface area contributed by atoms with E-state index in [2.05, 4.69) is 20.4 Å². The maximum absolute atomic E-state index is 14.1. The average molecular weight is 667 g/mol. The number of hydrogen-bond donors (Lipinski definition) is 1. The maximum Gasteiger partial charge on any atom is 0.433 e. The number of nitrogens with zero attached hydrogens (tertiary/aromatic N) is 7. The number of pyridine rings is 1. The van der Waals surface area contributed by atoms with Crippen molar-refractivity contribution in [2.75, 3.05) is 5.32 Å². The van der Waals surface area contributed by atoms with E-state index in [4.69, 9.17) is 0 Å². The summed E-state index contributed by atoms with van der Waals surface area (Å²) >= 11 is 0. The second-order valence-corrected chi connectivity index (χ2v) is 12.9. The first-order valence-corrected chi connectivity index (χ1v) is 15.4. The maximum atomic E-state index is 14.1. The summed E-state index contributed by atoms with van der Waals surface area (Å²) in [6.45, 7) is 6.60. The Kier molecular flexibility index (Phi) is 7.20. The van der Waals surface area contributed by atoms with Crippen molar-refractivity contribution in [3.05, 3.63) is 89.2 Å². The summed E-state index contributed by atoms with van der Waals surface area (Å²) in [6.07, 6.45) is 4.40. The van der Waals surface area contributed by atoms with E-state index in [0.29, 0.717) is 33.2 Å². The van der Waals surface area contributed by atoms with Crippen LogP contribution < -0.4 is 5.32 Å². The number of amides is 2. The number of alkyl halides is 3. The van der Waals surface area contributed by atoms with Gasteiger partial charge < -0.3 is 14.8 Å². The van der Waals surface area contributed by atoms with Crippen molar-refractivity contribution in [2.45, 2.75) is 58.9 Å².